The Labute approximate surface area is 114 Å². The van der Waals surface area contributed by atoms with Crippen LogP contribution in [0.5, 0.6) is 5.75 Å². The van der Waals surface area contributed by atoms with Crippen LogP contribution in [0, 0.1) is 16.4 Å². The van der Waals surface area contributed by atoms with Crippen molar-refractivity contribution in [3.8, 4) is 5.75 Å². The number of hydrogen-bond acceptors (Lipinski definition) is 3. The highest BCUT2D eigenvalue weighted by Crippen LogP contribution is 2.24. The van der Waals surface area contributed by atoms with Crippen molar-refractivity contribution >= 4 is 12.2 Å². The average Bonchev–Trinajstić information content (AvgIpc) is 2.74. The summed E-state index contributed by atoms with van der Waals surface area (Å²) in [6.45, 7) is 4.27. The predicted molar refractivity (Wildman–Crippen MR) is 68.5 cm³/mol. The number of nitrogens with one attached hydrogen (secondary N) is 1. The van der Waals surface area contributed by atoms with Gasteiger partial charge in [0.1, 0.15) is 5.82 Å². The number of benzene rings is 1. The second-order valence-corrected chi connectivity index (χ2v) is 4.35. The van der Waals surface area contributed by atoms with E-state index in [0.29, 0.717) is 17.1 Å². The molecule has 0 fully saturated rings. The summed E-state index contributed by atoms with van der Waals surface area (Å²) in [6.07, 6.45) is -0.507. The SMILES string of the molecule is CCn1c(C(C)Oc2ccc(F)cc2F)n[nH]c1=S. The number of nitrogens with zero attached hydrogens (tertiary/aromatic N) is 2. The smallest absolute Gasteiger partial charge is 0.195 e. The van der Waals surface area contributed by atoms with E-state index < -0.39 is 17.7 Å². The largest absolute Gasteiger partial charge is 0.480 e. The zero-order valence-corrected chi connectivity index (χ0v) is 11.3. The van der Waals surface area contributed by atoms with Crippen molar-refractivity contribution in [1.82, 2.24) is 14.8 Å². The summed E-state index contributed by atoms with van der Waals surface area (Å²) in [5, 5.41) is 6.71. The van der Waals surface area contributed by atoms with Crippen molar-refractivity contribution in [2.75, 3.05) is 0 Å². The van der Waals surface area contributed by atoms with Crippen LogP contribution in [-0.4, -0.2) is 14.8 Å². The Kier molecular flexibility index (Phi) is 3.94. The molecule has 2 aromatic rings. The van der Waals surface area contributed by atoms with E-state index in [0.717, 1.165) is 12.1 Å². The molecule has 1 atom stereocenters. The topological polar surface area (TPSA) is 42.8 Å². The standard InChI is InChI=1S/C12H13F2N3OS/c1-3-17-11(15-16-12(17)19)7(2)18-10-5-4-8(13)6-9(10)14/h4-7H,3H2,1-2H3,(H,16,19). The quantitative estimate of drug-likeness (QED) is 0.876. The highest BCUT2D eigenvalue weighted by molar-refractivity contribution is 7.71. The van der Waals surface area contributed by atoms with Crippen LogP contribution in [-0.2, 0) is 6.54 Å². The fourth-order valence-electron chi connectivity index (χ4n) is 1.76. The Morgan fingerprint density at radius 3 is 2.84 bits per heavy atom. The van der Waals surface area contributed by atoms with E-state index in [-0.39, 0.29) is 5.75 Å². The lowest BCUT2D eigenvalue weighted by atomic mass is 10.3. The molecule has 0 aliphatic rings. The van der Waals surface area contributed by atoms with Gasteiger partial charge in [-0.2, -0.15) is 5.10 Å². The Bertz CT molecular complexity index is 638. The van der Waals surface area contributed by atoms with Gasteiger partial charge >= 0.3 is 0 Å². The summed E-state index contributed by atoms with van der Waals surface area (Å²) in [5.74, 6) is -0.848. The van der Waals surface area contributed by atoms with Gasteiger partial charge in [-0.3, -0.25) is 5.10 Å². The number of hydrogen-bond donors (Lipinski definition) is 1. The van der Waals surface area contributed by atoms with Crippen molar-refractivity contribution in [1.29, 1.82) is 0 Å². The summed E-state index contributed by atoms with van der Waals surface area (Å²) in [7, 11) is 0. The number of rotatable bonds is 4. The van der Waals surface area contributed by atoms with Crippen LogP contribution in [0.15, 0.2) is 18.2 Å². The first-order chi connectivity index (χ1) is 9.02. The van der Waals surface area contributed by atoms with Gasteiger partial charge in [-0.1, -0.05) is 0 Å². The molecule has 1 N–H and O–H groups in total. The first-order valence-corrected chi connectivity index (χ1v) is 6.20. The van der Waals surface area contributed by atoms with Gasteiger partial charge < -0.3 is 9.30 Å². The maximum Gasteiger partial charge on any atom is 0.195 e. The molecule has 1 unspecified atom stereocenters. The van der Waals surface area contributed by atoms with Crippen molar-refractivity contribution in [3.63, 3.8) is 0 Å². The van der Waals surface area contributed by atoms with Gasteiger partial charge in [-0.15, -0.1) is 0 Å². The normalized spacial score (nSPS) is 12.4. The molecule has 0 aliphatic heterocycles. The minimum absolute atomic E-state index is 0.0227. The van der Waals surface area contributed by atoms with E-state index in [9.17, 15) is 8.78 Å². The summed E-state index contributed by atoms with van der Waals surface area (Å²) in [6, 6.07) is 3.17. The molecule has 0 bridgehead atoms. The molecule has 2 rings (SSSR count). The minimum Gasteiger partial charge on any atom is -0.480 e. The second-order valence-electron chi connectivity index (χ2n) is 3.97. The lowest BCUT2D eigenvalue weighted by Crippen LogP contribution is -2.12. The van der Waals surface area contributed by atoms with Gasteiger partial charge in [0.15, 0.2) is 28.3 Å². The number of aromatic amines is 1. The highest BCUT2D eigenvalue weighted by atomic mass is 32.1. The van der Waals surface area contributed by atoms with Crippen LogP contribution in [0.1, 0.15) is 25.8 Å². The molecule has 0 spiro atoms. The molecule has 0 aliphatic carbocycles. The third-order valence-electron chi connectivity index (χ3n) is 2.67. The molecule has 4 nitrogen and oxygen atoms in total. The molecule has 1 heterocycles. The lowest BCUT2D eigenvalue weighted by Gasteiger charge is -2.15. The van der Waals surface area contributed by atoms with Crippen LogP contribution in [0.25, 0.3) is 0 Å². The zero-order valence-electron chi connectivity index (χ0n) is 10.5. The van der Waals surface area contributed by atoms with E-state index in [1.165, 1.54) is 6.07 Å². The lowest BCUT2D eigenvalue weighted by molar-refractivity contribution is 0.201. The molecular weight excluding hydrogens is 272 g/mol. The van der Waals surface area contributed by atoms with Crippen LogP contribution < -0.4 is 4.74 Å². The molecule has 19 heavy (non-hydrogen) atoms. The molecule has 7 heteroatoms. The second kappa shape index (κ2) is 5.48. The Hall–Kier alpha value is -1.76. The predicted octanol–water partition coefficient (Wildman–Crippen LogP) is 3.38. The van der Waals surface area contributed by atoms with Crippen molar-refractivity contribution in [2.45, 2.75) is 26.5 Å². The number of halogens is 2. The minimum atomic E-state index is -0.746. The van der Waals surface area contributed by atoms with E-state index in [4.69, 9.17) is 17.0 Å². The fraction of sp³-hybridized carbons (Fsp3) is 0.333. The van der Waals surface area contributed by atoms with Gasteiger partial charge in [0.2, 0.25) is 0 Å². The van der Waals surface area contributed by atoms with E-state index in [1.807, 2.05) is 6.92 Å². The van der Waals surface area contributed by atoms with Gasteiger partial charge in [0.05, 0.1) is 0 Å². The molecule has 102 valence electrons. The number of H-pyrrole nitrogens is 1. The molecule has 0 radical (unpaired) electrons. The Balaban J connectivity index is 2.25. The first-order valence-electron chi connectivity index (χ1n) is 5.79. The van der Waals surface area contributed by atoms with Crippen LogP contribution in [0.4, 0.5) is 8.78 Å². The fourth-order valence-corrected chi connectivity index (χ4v) is 2.03. The Morgan fingerprint density at radius 2 is 2.21 bits per heavy atom. The first kappa shape index (κ1) is 13.7. The molecule has 1 aromatic carbocycles. The summed E-state index contributed by atoms with van der Waals surface area (Å²) in [5.41, 5.74) is 0. The van der Waals surface area contributed by atoms with Gasteiger partial charge in [0.25, 0.3) is 0 Å². The van der Waals surface area contributed by atoms with E-state index in [2.05, 4.69) is 10.2 Å². The Morgan fingerprint density at radius 1 is 1.47 bits per heavy atom. The van der Waals surface area contributed by atoms with Crippen LogP contribution >= 0.6 is 12.2 Å². The maximum atomic E-state index is 13.5. The van der Waals surface area contributed by atoms with E-state index >= 15 is 0 Å². The molecular formula is C12H13F2N3OS. The maximum absolute atomic E-state index is 13.5. The zero-order chi connectivity index (χ0) is 14.0. The third kappa shape index (κ3) is 2.81. The number of ether oxygens (including phenoxy) is 1. The number of aromatic nitrogens is 3. The summed E-state index contributed by atoms with van der Waals surface area (Å²) in [4.78, 5) is 0. The monoisotopic (exact) mass is 285 g/mol. The van der Waals surface area contributed by atoms with Gasteiger partial charge in [-0.25, -0.2) is 8.78 Å². The van der Waals surface area contributed by atoms with Crippen LogP contribution in [0.3, 0.4) is 0 Å². The van der Waals surface area contributed by atoms with E-state index in [1.54, 1.807) is 11.5 Å². The molecule has 1 aromatic heterocycles. The summed E-state index contributed by atoms with van der Waals surface area (Å²) >= 11 is 5.06. The van der Waals surface area contributed by atoms with Crippen molar-refractivity contribution in [3.05, 3.63) is 40.4 Å². The molecule has 0 saturated heterocycles. The van der Waals surface area contributed by atoms with Gasteiger partial charge in [-0.05, 0) is 38.2 Å². The third-order valence-corrected chi connectivity index (χ3v) is 2.98. The van der Waals surface area contributed by atoms with Crippen molar-refractivity contribution in [2.24, 2.45) is 0 Å². The average molecular weight is 285 g/mol. The highest BCUT2D eigenvalue weighted by Gasteiger charge is 2.17. The molecule has 0 saturated carbocycles. The summed E-state index contributed by atoms with van der Waals surface area (Å²) < 4.78 is 34.0. The van der Waals surface area contributed by atoms with Crippen LogP contribution in [0.2, 0.25) is 0 Å². The van der Waals surface area contributed by atoms with Crippen molar-refractivity contribution < 1.29 is 13.5 Å². The molecule has 0 amide bonds. The van der Waals surface area contributed by atoms with Gasteiger partial charge in [0, 0.05) is 12.6 Å².